The first-order chi connectivity index (χ1) is 9.38. The number of hydrogen-bond donors (Lipinski definition) is 2. The van der Waals surface area contributed by atoms with Crippen LogP contribution >= 0.6 is 11.6 Å². The molecule has 0 aliphatic carbocycles. The number of nitrogens with two attached hydrogens (primary N) is 1. The summed E-state index contributed by atoms with van der Waals surface area (Å²) in [5.74, 6) is 0. The van der Waals surface area contributed by atoms with Gasteiger partial charge in [0, 0.05) is 22.9 Å². The number of halogens is 1. The molecule has 0 aliphatic heterocycles. The van der Waals surface area contributed by atoms with E-state index in [1.807, 2.05) is 6.07 Å². The van der Waals surface area contributed by atoms with Crippen molar-refractivity contribution in [3.63, 3.8) is 0 Å². The molecule has 0 amide bonds. The van der Waals surface area contributed by atoms with Crippen LogP contribution in [0, 0.1) is 0 Å². The molecule has 2 aromatic rings. The van der Waals surface area contributed by atoms with Gasteiger partial charge in [-0.1, -0.05) is 11.6 Å². The zero-order valence-electron chi connectivity index (χ0n) is 12.4. The summed E-state index contributed by atoms with van der Waals surface area (Å²) in [6.45, 7) is 3.32. The van der Waals surface area contributed by atoms with Crippen molar-refractivity contribution in [3.05, 3.63) is 35.0 Å². The van der Waals surface area contributed by atoms with E-state index < -0.39 is 15.4 Å². The largest absolute Gasteiger partial charge is 0.397 e. The Morgan fingerprint density at radius 2 is 1.76 bits per heavy atom. The number of hydrogen-bond acceptors (Lipinski definition) is 5. The van der Waals surface area contributed by atoms with Gasteiger partial charge in [0.2, 0.25) is 0 Å². The van der Waals surface area contributed by atoms with E-state index in [2.05, 4.69) is 4.98 Å². The minimum atomic E-state index is -2.67. The SMILES string of the molecule is CC(C)(O)c1nc2ccc(Cl)cc2cc1N.CS(C)(=O)=O. The van der Waals surface area contributed by atoms with Crippen LogP contribution in [0.1, 0.15) is 19.5 Å². The number of anilines is 1. The molecule has 3 N–H and O–H groups in total. The first-order valence-electron chi connectivity index (χ1n) is 6.11. The van der Waals surface area contributed by atoms with Crippen LogP contribution < -0.4 is 5.73 Å². The van der Waals surface area contributed by atoms with Crippen LogP contribution in [0.4, 0.5) is 5.69 Å². The third-order valence-electron chi connectivity index (χ3n) is 2.39. The Labute approximate surface area is 129 Å². The summed E-state index contributed by atoms with van der Waals surface area (Å²) in [5, 5.41) is 11.4. The van der Waals surface area contributed by atoms with E-state index in [1.165, 1.54) is 0 Å². The van der Waals surface area contributed by atoms with Crippen molar-refractivity contribution in [2.75, 3.05) is 18.2 Å². The van der Waals surface area contributed by atoms with Crippen LogP contribution in [0.3, 0.4) is 0 Å². The second-order valence-corrected chi connectivity index (χ2v) is 8.19. The number of fused-ring (bicyclic) bond motifs is 1. The van der Waals surface area contributed by atoms with Gasteiger partial charge in [0.05, 0.1) is 16.9 Å². The molecule has 116 valence electrons. The average Bonchev–Trinajstić information content (AvgIpc) is 2.23. The topological polar surface area (TPSA) is 93.3 Å². The Kier molecular flexibility index (Phi) is 5.20. The molecule has 0 saturated carbocycles. The predicted molar refractivity (Wildman–Crippen MR) is 87.2 cm³/mol. The Morgan fingerprint density at radius 1 is 1.24 bits per heavy atom. The molecule has 2 rings (SSSR count). The number of nitrogen functional groups attached to an aromatic ring is 1. The summed E-state index contributed by atoms with van der Waals surface area (Å²) < 4.78 is 19.3. The third kappa shape index (κ3) is 5.87. The van der Waals surface area contributed by atoms with Crippen LogP contribution in [-0.4, -0.2) is 31.0 Å². The van der Waals surface area contributed by atoms with Crippen LogP contribution in [0.15, 0.2) is 24.3 Å². The van der Waals surface area contributed by atoms with E-state index in [4.69, 9.17) is 17.3 Å². The van der Waals surface area contributed by atoms with Crippen LogP contribution in [-0.2, 0) is 15.4 Å². The van der Waals surface area contributed by atoms with Gasteiger partial charge in [0.25, 0.3) is 0 Å². The third-order valence-corrected chi connectivity index (χ3v) is 2.62. The molecule has 0 bridgehead atoms. The van der Waals surface area contributed by atoms with Gasteiger partial charge in [-0.25, -0.2) is 13.4 Å². The standard InChI is InChI=1S/C12H13ClN2O.C2H6O2S/c1-12(2,16)11-9(14)6-7-5-8(13)3-4-10(7)15-11;1-5(2,3)4/h3-6,16H,14H2,1-2H3;1-2H3. The predicted octanol–water partition coefficient (Wildman–Crippen LogP) is 2.36. The van der Waals surface area contributed by atoms with Crippen molar-refractivity contribution in [2.24, 2.45) is 0 Å². The molecule has 0 radical (unpaired) electrons. The van der Waals surface area contributed by atoms with Crippen molar-refractivity contribution in [1.82, 2.24) is 4.98 Å². The first-order valence-corrected chi connectivity index (χ1v) is 8.79. The minimum absolute atomic E-state index is 0.474. The van der Waals surface area contributed by atoms with E-state index in [-0.39, 0.29) is 0 Å². The van der Waals surface area contributed by atoms with Gasteiger partial charge in [-0.2, -0.15) is 0 Å². The summed E-state index contributed by atoms with van der Waals surface area (Å²) in [6.07, 6.45) is 2.32. The van der Waals surface area contributed by atoms with Gasteiger partial charge in [-0.05, 0) is 38.1 Å². The lowest BCUT2D eigenvalue weighted by atomic mass is 10.0. The van der Waals surface area contributed by atoms with Gasteiger partial charge in [0.1, 0.15) is 15.4 Å². The van der Waals surface area contributed by atoms with E-state index in [1.54, 1.807) is 32.0 Å². The Hall–Kier alpha value is -1.37. The molecule has 0 unspecified atom stereocenters. The molecule has 1 aromatic heterocycles. The van der Waals surface area contributed by atoms with Crippen LogP contribution in [0.5, 0.6) is 0 Å². The van der Waals surface area contributed by atoms with E-state index in [0.29, 0.717) is 16.4 Å². The quantitative estimate of drug-likeness (QED) is 0.837. The minimum Gasteiger partial charge on any atom is -0.397 e. The van der Waals surface area contributed by atoms with E-state index in [9.17, 15) is 13.5 Å². The maximum absolute atomic E-state index is 9.92. The molecule has 0 spiro atoms. The Bertz CT molecular complexity index is 745. The molecule has 0 saturated heterocycles. The summed E-state index contributed by atoms with van der Waals surface area (Å²) in [4.78, 5) is 4.35. The van der Waals surface area contributed by atoms with Gasteiger partial charge in [-0.3, -0.25) is 0 Å². The van der Waals surface area contributed by atoms with Crippen molar-refractivity contribution in [3.8, 4) is 0 Å². The Morgan fingerprint density at radius 3 is 2.24 bits per heavy atom. The zero-order chi connectivity index (χ0) is 16.4. The van der Waals surface area contributed by atoms with Crippen molar-refractivity contribution in [1.29, 1.82) is 0 Å². The monoisotopic (exact) mass is 330 g/mol. The molecule has 21 heavy (non-hydrogen) atoms. The summed E-state index contributed by atoms with van der Waals surface area (Å²) in [5.41, 5.74) is 6.55. The fourth-order valence-electron chi connectivity index (χ4n) is 1.65. The normalized spacial score (nSPS) is 11.9. The number of nitrogens with zero attached hydrogens (tertiary/aromatic N) is 1. The molecule has 1 aromatic carbocycles. The lowest BCUT2D eigenvalue weighted by molar-refractivity contribution is 0.0751. The molecular weight excluding hydrogens is 312 g/mol. The summed E-state index contributed by atoms with van der Waals surface area (Å²) >= 11 is 5.88. The van der Waals surface area contributed by atoms with Gasteiger partial charge < -0.3 is 10.8 Å². The number of benzene rings is 1. The maximum atomic E-state index is 9.92. The van der Waals surface area contributed by atoms with Crippen LogP contribution in [0.25, 0.3) is 10.9 Å². The highest BCUT2D eigenvalue weighted by atomic mass is 35.5. The molecule has 1 heterocycles. The van der Waals surface area contributed by atoms with Crippen molar-refractivity contribution < 1.29 is 13.5 Å². The van der Waals surface area contributed by atoms with Crippen molar-refractivity contribution >= 4 is 38.0 Å². The molecular formula is C14H19ClN2O3S. The number of rotatable bonds is 1. The molecule has 0 atom stereocenters. The van der Waals surface area contributed by atoms with Gasteiger partial charge in [0.15, 0.2) is 0 Å². The highest BCUT2D eigenvalue weighted by Gasteiger charge is 2.21. The lowest BCUT2D eigenvalue weighted by Crippen LogP contribution is -2.19. The number of pyridine rings is 1. The number of aliphatic hydroxyl groups is 1. The fourth-order valence-corrected chi connectivity index (χ4v) is 1.83. The number of aromatic nitrogens is 1. The average molecular weight is 331 g/mol. The highest BCUT2D eigenvalue weighted by Crippen LogP contribution is 2.28. The van der Waals surface area contributed by atoms with Gasteiger partial charge in [-0.15, -0.1) is 0 Å². The molecule has 5 nitrogen and oxygen atoms in total. The second-order valence-electron chi connectivity index (χ2n) is 5.47. The lowest BCUT2D eigenvalue weighted by Gasteiger charge is -2.19. The molecule has 0 fully saturated rings. The summed E-state index contributed by atoms with van der Waals surface area (Å²) in [6, 6.07) is 7.16. The smallest absolute Gasteiger partial charge is 0.144 e. The van der Waals surface area contributed by atoms with Crippen molar-refractivity contribution in [2.45, 2.75) is 19.4 Å². The number of sulfone groups is 1. The second kappa shape index (κ2) is 6.17. The van der Waals surface area contributed by atoms with Crippen LogP contribution in [0.2, 0.25) is 5.02 Å². The maximum Gasteiger partial charge on any atom is 0.144 e. The zero-order valence-corrected chi connectivity index (χ0v) is 14.0. The Balaban J connectivity index is 0.000000383. The first kappa shape index (κ1) is 17.7. The summed E-state index contributed by atoms with van der Waals surface area (Å²) in [7, 11) is -2.67. The molecule has 7 heteroatoms. The van der Waals surface area contributed by atoms with E-state index in [0.717, 1.165) is 23.4 Å². The van der Waals surface area contributed by atoms with E-state index >= 15 is 0 Å². The van der Waals surface area contributed by atoms with Gasteiger partial charge >= 0.3 is 0 Å². The molecule has 0 aliphatic rings. The highest BCUT2D eigenvalue weighted by molar-refractivity contribution is 7.89. The fraction of sp³-hybridized carbons (Fsp3) is 0.357.